The third-order valence-electron chi connectivity index (χ3n) is 5.97. The molecule has 0 saturated heterocycles. The van der Waals surface area contributed by atoms with E-state index in [1.807, 2.05) is 0 Å². The first-order valence-electron chi connectivity index (χ1n) is 10.9. The van der Waals surface area contributed by atoms with Crippen LogP contribution in [0.2, 0.25) is 0 Å². The fourth-order valence-corrected chi connectivity index (χ4v) is 4.16. The first-order chi connectivity index (χ1) is 16.5. The summed E-state index contributed by atoms with van der Waals surface area (Å²) in [5.74, 6) is -1.80. The maximum Gasteiger partial charge on any atom is 0.294 e. The van der Waals surface area contributed by atoms with Crippen LogP contribution in [0.25, 0.3) is 5.82 Å². The number of amides is 1. The van der Waals surface area contributed by atoms with Gasteiger partial charge >= 0.3 is 0 Å². The molecule has 1 saturated carbocycles. The van der Waals surface area contributed by atoms with E-state index in [4.69, 9.17) is 10.4 Å². The number of aromatic carboxylic acids is 1. The van der Waals surface area contributed by atoms with Crippen LogP contribution in [0.4, 0.5) is 5.82 Å². The van der Waals surface area contributed by atoms with Crippen molar-refractivity contribution >= 4 is 23.9 Å². The van der Waals surface area contributed by atoms with Crippen LogP contribution in [-0.2, 0) is 6.54 Å². The van der Waals surface area contributed by atoms with Gasteiger partial charge in [0.15, 0.2) is 5.69 Å². The molecular weight excluding hydrogens is 442 g/mol. The van der Waals surface area contributed by atoms with Crippen molar-refractivity contribution in [3.05, 3.63) is 46.8 Å². The Balaban J connectivity index is 1.58. The van der Waals surface area contributed by atoms with Crippen molar-refractivity contribution in [2.24, 2.45) is 5.10 Å². The smallest absolute Gasteiger partial charge is 0.294 e. The topological polar surface area (TPSA) is 182 Å². The summed E-state index contributed by atoms with van der Waals surface area (Å²) < 4.78 is 6.04. The molecule has 13 nitrogen and oxygen atoms in total. The monoisotopic (exact) mass is 467 g/mol. The van der Waals surface area contributed by atoms with E-state index in [1.165, 1.54) is 41.1 Å². The number of carbonyl (C=O) groups excluding carboxylic acids is 2. The molecule has 0 radical (unpaired) electrons. The molecule has 3 aromatic rings. The molecule has 1 amide bonds. The number of aromatic nitrogens is 5. The molecule has 1 fully saturated rings. The van der Waals surface area contributed by atoms with Gasteiger partial charge < -0.3 is 20.5 Å². The normalized spacial score (nSPS) is 15.4. The summed E-state index contributed by atoms with van der Waals surface area (Å²) in [6, 6.07) is 6.61. The molecule has 34 heavy (non-hydrogen) atoms. The van der Waals surface area contributed by atoms with Gasteiger partial charge in [0.2, 0.25) is 11.6 Å². The number of nitrogens with two attached hydrogens (primary N) is 1. The fourth-order valence-electron chi connectivity index (χ4n) is 4.16. The number of benzene rings is 1. The van der Waals surface area contributed by atoms with Crippen LogP contribution in [0.5, 0.6) is 0 Å². The van der Waals surface area contributed by atoms with Crippen molar-refractivity contribution in [1.29, 1.82) is 0 Å². The predicted octanol–water partition coefficient (Wildman–Crippen LogP) is -1.29. The summed E-state index contributed by atoms with van der Waals surface area (Å²) in [5, 5.41) is 30.6. The number of carboxylic acids is 1. The molecule has 4 N–H and O–H groups in total. The van der Waals surface area contributed by atoms with Gasteiger partial charge in [0.25, 0.3) is 5.91 Å². The molecule has 0 spiro atoms. The van der Waals surface area contributed by atoms with Crippen molar-refractivity contribution in [2.45, 2.75) is 44.7 Å². The van der Waals surface area contributed by atoms with Gasteiger partial charge in [-0.25, -0.2) is 10.1 Å². The highest BCUT2D eigenvalue weighted by atomic mass is 16.6. The highest BCUT2D eigenvalue weighted by molar-refractivity contribution is 5.98. The van der Waals surface area contributed by atoms with Gasteiger partial charge in [0.05, 0.1) is 25.3 Å². The maximum atomic E-state index is 12.9. The molecular formula is C21H25N9O4. The number of nitrogens with one attached hydrogen (secondary N) is 2. The molecule has 1 aromatic carbocycles. The summed E-state index contributed by atoms with van der Waals surface area (Å²) in [6.45, 7) is 0.434. The minimum absolute atomic E-state index is 0.0188. The van der Waals surface area contributed by atoms with Gasteiger partial charge in [-0.15, -0.1) is 5.10 Å². The second-order valence-electron chi connectivity index (χ2n) is 8.20. The van der Waals surface area contributed by atoms with Crippen LogP contribution in [0.15, 0.2) is 34.0 Å². The van der Waals surface area contributed by atoms with Crippen molar-refractivity contribution < 1.29 is 24.2 Å². The number of hydrogen-bond donors (Lipinski definition) is 3. The average Bonchev–Trinajstić information content (AvgIpc) is 3.45. The predicted molar refractivity (Wildman–Crippen MR) is 117 cm³/mol. The summed E-state index contributed by atoms with van der Waals surface area (Å²) in [4.78, 5) is 25.4. The molecule has 2 heterocycles. The first kappa shape index (κ1) is 23.0. The summed E-state index contributed by atoms with van der Waals surface area (Å²) in [5.41, 5.74) is 8.99. The van der Waals surface area contributed by atoms with Gasteiger partial charge in [-0.05, 0) is 36.0 Å². The molecule has 0 bridgehead atoms. The minimum atomic E-state index is -1.34. The van der Waals surface area contributed by atoms with Crippen LogP contribution >= 0.6 is 0 Å². The van der Waals surface area contributed by atoms with Gasteiger partial charge in [0, 0.05) is 11.1 Å². The van der Waals surface area contributed by atoms with E-state index < -0.39 is 11.9 Å². The third-order valence-corrected chi connectivity index (χ3v) is 5.97. The highest BCUT2D eigenvalue weighted by Crippen LogP contribution is 2.18. The van der Waals surface area contributed by atoms with E-state index in [0.717, 1.165) is 12.8 Å². The zero-order chi connectivity index (χ0) is 24.1. The number of hydrazone groups is 1. The number of anilines is 1. The number of rotatable bonds is 8. The van der Waals surface area contributed by atoms with Gasteiger partial charge in [-0.3, -0.25) is 4.79 Å². The first-order valence-corrected chi connectivity index (χ1v) is 10.9. The number of carboxylic acid groups (broad SMARTS) is 1. The summed E-state index contributed by atoms with van der Waals surface area (Å²) in [7, 11) is 2.06. The maximum absolute atomic E-state index is 12.9. The van der Waals surface area contributed by atoms with E-state index in [1.54, 1.807) is 18.2 Å². The summed E-state index contributed by atoms with van der Waals surface area (Å²) >= 11 is 0. The van der Waals surface area contributed by atoms with Crippen LogP contribution < -0.4 is 21.2 Å². The molecule has 1 aliphatic carbocycles. The number of hydrogen-bond acceptors (Lipinski definition) is 10. The van der Waals surface area contributed by atoms with E-state index in [-0.39, 0.29) is 28.5 Å². The van der Waals surface area contributed by atoms with Crippen LogP contribution in [-0.4, -0.2) is 56.5 Å². The minimum Gasteiger partial charge on any atom is -0.545 e. The second-order valence-corrected chi connectivity index (χ2v) is 8.20. The summed E-state index contributed by atoms with van der Waals surface area (Å²) in [6.07, 6.45) is 7.02. The number of nitrogens with zero attached hydrogens (tertiary/aromatic N) is 6. The Morgan fingerprint density at radius 3 is 2.76 bits per heavy atom. The van der Waals surface area contributed by atoms with E-state index in [0.29, 0.717) is 18.3 Å². The molecule has 13 heteroatoms. The Bertz CT molecular complexity index is 1200. The Kier molecular flexibility index (Phi) is 6.92. The Hall–Kier alpha value is -4.13. The van der Waals surface area contributed by atoms with Gasteiger partial charge in [-0.2, -0.15) is 9.78 Å². The average molecular weight is 467 g/mol. The Morgan fingerprint density at radius 2 is 2.06 bits per heavy atom. The molecule has 4 rings (SSSR count). The molecule has 2 aromatic heterocycles. The number of nitrogen functional groups attached to an aromatic ring is 1. The lowest BCUT2D eigenvalue weighted by molar-refractivity contribution is -0.921. The van der Waals surface area contributed by atoms with E-state index >= 15 is 0 Å². The largest absolute Gasteiger partial charge is 0.545 e. The van der Waals surface area contributed by atoms with E-state index in [2.05, 4.69) is 38.2 Å². The number of quaternary nitrogens is 1. The molecule has 0 aliphatic heterocycles. The van der Waals surface area contributed by atoms with Crippen LogP contribution in [0, 0.1) is 0 Å². The van der Waals surface area contributed by atoms with Crippen LogP contribution in [0.3, 0.4) is 0 Å². The lowest BCUT2D eigenvalue weighted by atomic mass is 9.94. The van der Waals surface area contributed by atoms with Gasteiger partial charge in [0.1, 0.15) is 12.2 Å². The van der Waals surface area contributed by atoms with Crippen molar-refractivity contribution in [3.63, 3.8) is 0 Å². The SMILES string of the molecule is C[NH+](Cc1c(C(=O)N/N=C\c2ccccc2C(=O)[O-])nnn1-c1nonc1N)C1CCCCC1. The lowest BCUT2D eigenvalue weighted by Gasteiger charge is -2.28. The van der Waals surface area contributed by atoms with Crippen molar-refractivity contribution in [3.8, 4) is 5.82 Å². The standard InChI is InChI=1S/C21H25N9O4/c1-29(14-8-3-2-4-9-14)12-16-17(24-28-30(16)19-18(22)26-34-27-19)20(31)25-23-11-13-7-5-6-10-15(13)21(32)33/h5-7,10-11,14H,2-4,8-9,12H2,1H3,(H2,22,26)(H,25,31)(H,32,33)/b23-11-. The Morgan fingerprint density at radius 1 is 1.29 bits per heavy atom. The zero-order valence-corrected chi connectivity index (χ0v) is 18.6. The molecule has 1 aliphatic rings. The lowest BCUT2D eigenvalue weighted by Crippen LogP contribution is -3.11. The molecule has 178 valence electrons. The third kappa shape index (κ3) is 4.93. The number of carbonyl (C=O) groups is 2. The van der Waals surface area contributed by atoms with Gasteiger partial charge in [-0.1, -0.05) is 35.9 Å². The van der Waals surface area contributed by atoms with Crippen LogP contribution in [0.1, 0.15) is 64.2 Å². The van der Waals surface area contributed by atoms with E-state index in [9.17, 15) is 14.7 Å². The second kappa shape index (κ2) is 10.2. The quantitative estimate of drug-likeness (QED) is 0.268. The Labute approximate surface area is 194 Å². The molecule has 1 unspecified atom stereocenters. The van der Waals surface area contributed by atoms with Crippen molar-refractivity contribution in [2.75, 3.05) is 12.8 Å². The molecule has 1 atom stereocenters. The highest BCUT2D eigenvalue weighted by Gasteiger charge is 2.29. The zero-order valence-electron chi connectivity index (χ0n) is 18.6. The fraction of sp³-hybridized carbons (Fsp3) is 0.381. The van der Waals surface area contributed by atoms with Crippen molar-refractivity contribution in [1.82, 2.24) is 30.7 Å².